The van der Waals surface area contributed by atoms with Gasteiger partial charge in [-0.2, -0.15) is 0 Å². The Labute approximate surface area is 108 Å². The lowest BCUT2D eigenvalue weighted by molar-refractivity contribution is -0.120. The summed E-state index contributed by atoms with van der Waals surface area (Å²) in [6.07, 6.45) is 8.19. The molecule has 2 aliphatic rings. The van der Waals surface area contributed by atoms with Crippen LogP contribution in [0.25, 0.3) is 0 Å². The van der Waals surface area contributed by atoms with Gasteiger partial charge >= 0.3 is 0 Å². The van der Waals surface area contributed by atoms with E-state index in [1.165, 1.54) is 18.4 Å². The number of hydrogen-bond acceptors (Lipinski definition) is 3. The molecular weight excluding hydrogens is 224 g/mol. The van der Waals surface area contributed by atoms with Crippen molar-refractivity contribution in [2.45, 2.75) is 50.5 Å². The molecule has 3 nitrogen and oxygen atoms in total. The number of ketones is 1. The Morgan fingerprint density at radius 1 is 1.39 bits per heavy atom. The highest BCUT2D eigenvalue weighted by atomic mass is 16.1. The summed E-state index contributed by atoms with van der Waals surface area (Å²) in [4.78, 5) is 16.7. The van der Waals surface area contributed by atoms with Gasteiger partial charge in [-0.3, -0.25) is 9.78 Å². The second-order valence-corrected chi connectivity index (χ2v) is 5.44. The molecule has 0 aromatic carbocycles. The zero-order valence-corrected chi connectivity index (χ0v) is 10.7. The third-order valence-electron chi connectivity index (χ3n) is 3.97. The Balaban J connectivity index is 1.62. The van der Waals surface area contributed by atoms with Crippen molar-refractivity contribution in [3.63, 3.8) is 0 Å². The van der Waals surface area contributed by atoms with Gasteiger partial charge in [-0.05, 0) is 43.7 Å². The molecule has 1 saturated carbocycles. The van der Waals surface area contributed by atoms with Crippen LogP contribution in [0.3, 0.4) is 0 Å². The summed E-state index contributed by atoms with van der Waals surface area (Å²) in [5.41, 5.74) is 2.32. The van der Waals surface area contributed by atoms with Crippen molar-refractivity contribution < 1.29 is 4.79 Å². The Morgan fingerprint density at radius 3 is 3.11 bits per heavy atom. The van der Waals surface area contributed by atoms with Gasteiger partial charge in [-0.25, -0.2) is 0 Å². The van der Waals surface area contributed by atoms with Crippen molar-refractivity contribution in [1.82, 2.24) is 10.3 Å². The number of carbonyl (C=O) groups is 1. The number of aromatic nitrogens is 1. The third-order valence-corrected chi connectivity index (χ3v) is 3.97. The van der Waals surface area contributed by atoms with Gasteiger partial charge in [0.25, 0.3) is 0 Å². The molecule has 0 bridgehead atoms. The lowest BCUT2D eigenvalue weighted by Crippen LogP contribution is -2.25. The lowest BCUT2D eigenvalue weighted by atomic mass is 9.83. The molecular formula is C15H20N2O. The average molecular weight is 244 g/mol. The predicted molar refractivity (Wildman–Crippen MR) is 70.6 cm³/mol. The highest BCUT2D eigenvalue weighted by molar-refractivity contribution is 5.86. The van der Waals surface area contributed by atoms with Gasteiger partial charge in [0, 0.05) is 25.2 Å². The van der Waals surface area contributed by atoms with E-state index in [9.17, 15) is 4.79 Å². The zero-order chi connectivity index (χ0) is 12.4. The molecule has 2 aliphatic carbocycles. The van der Waals surface area contributed by atoms with E-state index >= 15 is 0 Å². The Kier molecular flexibility index (Phi) is 3.41. The SMILES string of the molecule is O=C(CCNC1CC1)C1CCCc2cccnc21. The smallest absolute Gasteiger partial charge is 0.143 e. The first-order chi connectivity index (χ1) is 8.84. The van der Waals surface area contributed by atoms with Crippen LogP contribution in [0.5, 0.6) is 0 Å². The number of hydrogen-bond donors (Lipinski definition) is 1. The summed E-state index contributed by atoms with van der Waals surface area (Å²) in [6.45, 7) is 0.835. The minimum absolute atomic E-state index is 0.0518. The summed E-state index contributed by atoms with van der Waals surface area (Å²) in [5, 5.41) is 3.41. The minimum Gasteiger partial charge on any atom is -0.314 e. The molecule has 1 aromatic rings. The Morgan fingerprint density at radius 2 is 2.28 bits per heavy atom. The maximum atomic E-state index is 12.3. The standard InChI is InChI=1S/C15H20N2O/c18-14(8-10-16-12-6-7-12)13-5-1-3-11-4-2-9-17-15(11)13/h2,4,9,12-13,16H,1,3,5-8,10H2. The maximum absolute atomic E-state index is 12.3. The van der Waals surface area contributed by atoms with E-state index in [2.05, 4.69) is 16.4 Å². The summed E-state index contributed by atoms with van der Waals surface area (Å²) >= 11 is 0. The molecule has 1 atom stereocenters. The fourth-order valence-corrected chi connectivity index (χ4v) is 2.78. The second kappa shape index (κ2) is 5.19. The third kappa shape index (κ3) is 2.61. The zero-order valence-electron chi connectivity index (χ0n) is 10.7. The summed E-state index contributed by atoms with van der Waals surface area (Å²) in [7, 11) is 0. The number of rotatable bonds is 5. The number of carbonyl (C=O) groups excluding carboxylic acids is 1. The van der Waals surface area contributed by atoms with Gasteiger partial charge in [0.15, 0.2) is 0 Å². The summed E-state index contributed by atoms with van der Waals surface area (Å²) < 4.78 is 0. The van der Waals surface area contributed by atoms with Crippen LogP contribution in [-0.2, 0) is 11.2 Å². The lowest BCUT2D eigenvalue weighted by Gasteiger charge is -2.23. The molecule has 1 N–H and O–H groups in total. The van der Waals surface area contributed by atoms with Gasteiger partial charge in [0.05, 0.1) is 11.6 Å². The summed E-state index contributed by atoms with van der Waals surface area (Å²) in [6, 6.07) is 4.78. The Hall–Kier alpha value is -1.22. The minimum atomic E-state index is 0.0518. The largest absolute Gasteiger partial charge is 0.314 e. The number of fused-ring (bicyclic) bond motifs is 1. The van der Waals surface area contributed by atoms with Crippen LogP contribution in [0.1, 0.15) is 49.3 Å². The van der Waals surface area contributed by atoms with Gasteiger partial charge in [0.1, 0.15) is 5.78 Å². The van der Waals surface area contributed by atoms with Crippen LogP contribution in [0.15, 0.2) is 18.3 Å². The monoisotopic (exact) mass is 244 g/mol. The van der Waals surface area contributed by atoms with Crippen LogP contribution in [0.4, 0.5) is 0 Å². The van der Waals surface area contributed by atoms with Crippen molar-refractivity contribution in [1.29, 1.82) is 0 Å². The topological polar surface area (TPSA) is 42.0 Å². The molecule has 0 spiro atoms. The number of aryl methyl sites for hydroxylation is 1. The highest BCUT2D eigenvalue weighted by Crippen LogP contribution is 2.31. The number of nitrogens with zero attached hydrogens (tertiary/aromatic N) is 1. The molecule has 1 fully saturated rings. The fraction of sp³-hybridized carbons (Fsp3) is 0.600. The molecule has 1 aromatic heterocycles. The van der Waals surface area contributed by atoms with Crippen molar-refractivity contribution in [2.75, 3.05) is 6.54 Å². The van der Waals surface area contributed by atoms with Crippen LogP contribution in [0.2, 0.25) is 0 Å². The highest BCUT2D eigenvalue weighted by Gasteiger charge is 2.27. The van der Waals surface area contributed by atoms with Crippen LogP contribution >= 0.6 is 0 Å². The van der Waals surface area contributed by atoms with Crippen molar-refractivity contribution in [3.05, 3.63) is 29.6 Å². The van der Waals surface area contributed by atoms with Crippen molar-refractivity contribution in [3.8, 4) is 0 Å². The molecule has 1 unspecified atom stereocenters. The number of nitrogens with one attached hydrogen (secondary N) is 1. The molecule has 3 heteroatoms. The normalized spacial score (nSPS) is 22.6. The van der Waals surface area contributed by atoms with Gasteiger partial charge in [0.2, 0.25) is 0 Å². The van der Waals surface area contributed by atoms with E-state index < -0.39 is 0 Å². The first-order valence-electron chi connectivity index (χ1n) is 7.04. The Bertz CT molecular complexity index is 440. The predicted octanol–water partition coefficient (Wildman–Crippen LogP) is 2.21. The quantitative estimate of drug-likeness (QED) is 0.863. The molecule has 0 aliphatic heterocycles. The molecule has 96 valence electrons. The van der Waals surface area contributed by atoms with Crippen LogP contribution in [-0.4, -0.2) is 23.4 Å². The van der Waals surface area contributed by atoms with Crippen molar-refractivity contribution in [2.24, 2.45) is 0 Å². The average Bonchev–Trinajstić information content (AvgIpc) is 3.22. The molecule has 0 amide bonds. The van der Waals surface area contributed by atoms with E-state index in [0.717, 1.165) is 31.5 Å². The number of pyridine rings is 1. The van der Waals surface area contributed by atoms with E-state index in [4.69, 9.17) is 0 Å². The summed E-state index contributed by atoms with van der Waals surface area (Å²) in [5.74, 6) is 0.416. The van der Waals surface area contributed by atoms with E-state index in [1.54, 1.807) is 0 Å². The van der Waals surface area contributed by atoms with Gasteiger partial charge in [-0.1, -0.05) is 6.07 Å². The van der Waals surface area contributed by atoms with E-state index in [1.807, 2.05) is 12.3 Å². The number of Topliss-reactive ketones (excluding diaryl/α,β-unsaturated/α-hetero) is 1. The van der Waals surface area contributed by atoms with E-state index in [0.29, 0.717) is 18.2 Å². The van der Waals surface area contributed by atoms with Crippen LogP contribution in [0, 0.1) is 0 Å². The maximum Gasteiger partial charge on any atom is 0.143 e. The van der Waals surface area contributed by atoms with Gasteiger partial charge < -0.3 is 5.32 Å². The van der Waals surface area contributed by atoms with Gasteiger partial charge in [-0.15, -0.1) is 0 Å². The van der Waals surface area contributed by atoms with Crippen LogP contribution < -0.4 is 5.32 Å². The molecule has 18 heavy (non-hydrogen) atoms. The van der Waals surface area contributed by atoms with E-state index in [-0.39, 0.29) is 5.92 Å². The molecule has 3 rings (SSSR count). The molecule has 1 heterocycles. The first-order valence-corrected chi connectivity index (χ1v) is 7.04. The van der Waals surface area contributed by atoms with Crippen molar-refractivity contribution >= 4 is 5.78 Å². The first kappa shape index (κ1) is 11.8. The fourth-order valence-electron chi connectivity index (χ4n) is 2.78. The second-order valence-electron chi connectivity index (χ2n) is 5.44. The molecule has 0 saturated heterocycles. The molecule has 0 radical (unpaired) electrons.